The first-order chi connectivity index (χ1) is 8.85. The van der Waals surface area contributed by atoms with E-state index in [9.17, 15) is 4.79 Å². The highest BCUT2D eigenvalue weighted by Gasteiger charge is 2.15. The molecule has 0 saturated carbocycles. The predicted octanol–water partition coefficient (Wildman–Crippen LogP) is 2.75. The van der Waals surface area contributed by atoms with Crippen LogP contribution in [0.15, 0.2) is 17.2 Å². The molecule has 18 heavy (non-hydrogen) atoms. The van der Waals surface area contributed by atoms with Gasteiger partial charge in [-0.2, -0.15) is 0 Å². The number of carbonyl (C=O) groups excluding carboxylic acids is 1. The molecule has 0 aliphatic carbocycles. The third-order valence-electron chi connectivity index (χ3n) is 2.96. The van der Waals surface area contributed by atoms with Gasteiger partial charge in [0.15, 0.2) is 0 Å². The average Bonchev–Trinajstić information content (AvgIpc) is 2.92. The first-order valence-electron chi connectivity index (χ1n) is 6.43. The smallest absolute Gasteiger partial charge is 0.211 e. The Morgan fingerprint density at radius 1 is 1.50 bits per heavy atom. The minimum Gasteiger partial charge on any atom is -0.357 e. The van der Waals surface area contributed by atoms with Crippen LogP contribution in [0.5, 0.6) is 0 Å². The third-order valence-corrected chi connectivity index (χ3v) is 4.22. The maximum Gasteiger partial charge on any atom is 0.211 e. The maximum absolute atomic E-state index is 10.6. The second-order valence-electron chi connectivity index (χ2n) is 4.34. The van der Waals surface area contributed by atoms with E-state index in [0.29, 0.717) is 6.41 Å². The van der Waals surface area contributed by atoms with Gasteiger partial charge in [-0.05, 0) is 31.1 Å². The Balaban J connectivity index is 2.19. The average molecular weight is 265 g/mol. The van der Waals surface area contributed by atoms with Gasteiger partial charge in [0.25, 0.3) is 0 Å². The molecule has 1 amide bonds. The van der Waals surface area contributed by atoms with Crippen LogP contribution in [0.1, 0.15) is 26.2 Å². The summed E-state index contributed by atoms with van der Waals surface area (Å²) in [4.78, 5) is 18.4. The molecule has 2 rings (SSSR count). The molecule has 1 saturated heterocycles. The summed E-state index contributed by atoms with van der Waals surface area (Å²) in [6.45, 7) is 4.33. The minimum absolute atomic E-state index is 0.711. The van der Waals surface area contributed by atoms with Crippen LogP contribution in [0, 0.1) is 0 Å². The number of nitrogens with zero attached hydrogens (tertiary/aromatic N) is 2. The molecule has 0 radical (unpaired) electrons. The molecule has 0 bridgehead atoms. The number of aromatic nitrogens is 1. The Bertz CT molecular complexity index is 405. The second kappa shape index (κ2) is 6.64. The van der Waals surface area contributed by atoms with Crippen LogP contribution >= 0.6 is 11.8 Å². The summed E-state index contributed by atoms with van der Waals surface area (Å²) in [6.07, 6.45) is 6.08. The lowest BCUT2D eigenvalue weighted by Gasteiger charge is -2.18. The van der Waals surface area contributed by atoms with Crippen LogP contribution in [-0.4, -0.2) is 30.2 Å². The number of rotatable bonds is 6. The van der Waals surface area contributed by atoms with Gasteiger partial charge in [-0.15, -0.1) is 11.8 Å². The van der Waals surface area contributed by atoms with Crippen LogP contribution in [0.25, 0.3) is 0 Å². The summed E-state index contributed by atoms with van der Waals surface area (Å²) in [5, 5.41) is 2.72. The van der Waals surface area contributed by atoms with Crippen molar-refractivity contribution in [3.05, 3.63) is 12.3 Å². The molecule has 5 heteroatoms. The molecule has 0 aromatic carbocycles. The fourth-order valence-corrected chi connectivity index (χ4v) is 2.93. The van der Waals surface area contributed by atoms with Gasteiger partial charge in [-0.3, -0.25) is 4.79 Å². The van der Waals surface area contributed by atoms with Gasteiger partial charge in [-0.1, -0.05) is 6.92 Å². The quantitative estimate of drug-likeness (QED) is 0.634. The molecule has 0 atom stereocenters. The number of nitrogens with one attached hydrogen (secondary N) is 1. The van der Waals surface area contributed by atoms with E-state index in [4.69, 9.17) is 0 Å². The van der Waals surface area contributed by atoms with E-state index >= 15 is 0 Å². The van der Waals surface area contributed by atoms with E-state index in [2.05, 4.69) is 28.2 Å². The fraction of sp³-hybridized carbons (Fsp3) is 0.538. The van der Waals surface area contributed by atoms with Crippen LogP contribution in [0.4, 0.5) is 11.5 Å². The molecule has 0 unspecified atom stereocenters. The molecule has 1 fully saturated rings. The highest BCUT2D eigenvalue weighted by Crippen LogP contribution is 2.31. The first kappa shape index (κ1) is 13.2. The predicted molar refractivity (Wildman–Crippen MR) is 76.4 cm³/mol. The lowest BCUT2D eigenvalue weighted by atomic mass is 10.4. The lowest BCUT2D eigenvalue weighted by Crippen LogP contribution is -2.19. The number of amides is 1. The highest BCUT2D eigenvalue weighted by molar-refractivity contribution is 7.99. The van der Waals surface area contributed by atoms with Crippen molar-refractivity contribution in [3.63, 3.8) is 0 Å². The number of pyridine rings is 1. The molecule has 1 aromatic heterocycles. The summed E-state index contributed by atoms with van der Waals surface area (Å²) in [5.41, 5.74) is 0.811. The van der Waals surface area contributed by atoms with Gasteiger partial charge in [0, 0.05) is 18.0 Å². The molecular formula is C13H19N3OS. The van der Waals surface area contributed by atoms with Gasteiger partial charge < -0.3 is 10.2 Å². The first-order valence-corrected chi connectivity index (χ1v) is 7.41. The van der Waals surface area contributed by atoms with Crippen molar-refractivity contribution < 1.29 is 4.79 Å². The number of anilines is 2. The topological polar surface area (TPSA) is 45.2 Å². The van der Waals surface area contributed by atoms with Crippen molar-refractivity contribution >= 4 is 29.7 Å². The Hall–Kier alpha value is -1.23. The maximum atomic E-state index is 10.6. The van der Waals surface area contributed by atoms with Crippen molar-refractivity contribution in [3.8, 4) is 0 Å². The van der Waals surface area contributed by atoms with Gasteiger partial charge >= 0.3 is 0 Å². The molecule has 0 spiro atoms. The van der Waals surface area contributed by atoms with Gasteiger partial charge in [0.2, 0.25) is 6.41 Å². The van der Waals surface area contributed by atoms with Crippen LogP contribution in [0.3, 0.4) is 0 Å². The van der Waals surface area contributed by atoms with E-state index in [1.165, 1.54) is 12.8 Å². The zero-order valence-corrected chi connectivity index (χ0v) is 11.5. The largest absolute Gasteiger partial charge is 0.357 e. The number of hydrogen-bond acceptors (Lipinski definition) is 4. The minimum atomic E-state index is 0.711. The van der Waals surface area contributed by atoms with Crippen molar-refractivity contribution in [1.29, 1.82) is 0 Å². The van der Waals surface area contributed by atoms with Crippen LogP contribution in [0.2, 0.25) is 0 Å². The zero-order chi connectivity index (χ0) is 12.8. The van der Waals surface area contributed by atoms with E-state index < -0.39 is 0 Å². The summed E-state index contributed by atoms with van der Waals surface area (Å²) in [5.74, 6) is 2.08. The van der Waals surface area contributed by atoms with Gasteiger partial charge in [0.1, 0.15) is 5.82 Å². The van der Waals surface area contributed by atoms with E-state index in [0.717, 1.165) is 41.7 Å². The Morgan fingerprint density at radius 3 is 2.94 bits per heavy atom. The van der Waals surface area contributed by atoms with E-state index in [-0.39, 0.29) is 0 Å². The van der Waals surface area contributed by atoms with Crippen molar-refractivity contribution in [1.82, 2.24) is 4.98 Å². The van der Waals surface area contributed by atoms with Crippen LogP contribution < -0.4 is 10.2 Å². The number of hydrogen-bond donors (Lipinski definition) is 1. The Labute approximate surface area is 112 Å². The summed E-state index contributed by atoms with van der Waals surface area (Å²) >= 11 is 1.77. The lowest BCUT2D eigenvalue weighted by molar-refractivity contribution is -0.105. The monoisotopic (exact) mass is 265 g/mol. The van der Waals surface area contributed by atoms with E-state index in [1.54, 1.807) is 18.0 Å². The van der Waals surface area contributed by atoms with Gasteiger partial charge in [0.05, 0.1) is 11.9 Å². The van der Waals surface area contributed by atoms with Crippen LogP contribution in [-0.2, 0) is 4.79 Å². The molecular weight excluding hydrogens is 246 g/mol. The molecule has 1 aromatic rings. The van der Waals surface area contributed by atoms with Crippen molar-refractivity contribution in [2.24, 2.45) is 0 Å². The SMILES string of the molecule is CCCSc1cc(N2CCCC2)ncc1NC=O. The molecule has 1 aliphatic rings. The zero-order valence-electron chi connectivity index (χ0n) is 10.7. The highest BCUT2D eigenvalue weighted by atomic mass is 32.2. The summed E-state index contributed by atoms with van der Waals surface area (Å²) in [7, 11) is 0. The normalized spacial score (nSPS) is 14.8. The number of carbonyl (C=O) groups is 1. The van der Waals surface area contributed by atoms with Crippen molar-refractivity contribution in [2.45, 2.75) is 31.1 Å². The Kier molecular flexibility index (Phi) is 4.87. The molecule has 4 nitrogen and oxygen atoms in total. The fourth-order valence-electron chi connectivity index (χ4n) is 2.05. The summed E-state index contributed by atoms with van der Waals surface area (Å²) in [6, 6.07) is 2.09. The second-order valence-corrected chi connectivity index (χ2v) is 5.48. The molecule has 2 heterocycles. The Morgan fingerprint density at radius 2 is 2.28 bits per heavy atom. The van der Waals surface area contributed by atoms with Gasteiger partial charge in [-0.25, -0.2) is 4.98 Å². The standard InChI is InChI=1S/C13H19N3OS/c1-2-7-18-12-8-13(16-5-3-4-6-16)14-9-11(12)15-10-17/h8-10H,2-7H2,1H3,(H,15,17). The molecule has 98 valence electrons. The number of thioether (sulfide) groups is 1. The summed E-state index contributed by atoms with van der Waals surface area (Å²) < 4.78 is 0. The van der Waals surface area contributed by atoms with E-state index in [1.807, 2.05) is 0 Å². The molecule has 1 aliphatic heterocycles. The molecule has 1 N–H and O–H groups in total. The third kappa shape index (κ3) is 3.16. The van der Waals surface area contributed by atoms with Crippen molar-refractivity contribution in [2.75, 3.05) is 29.1 Å².